The van der Waals surface area contributed by atoms with Crippen LogP contribution in [-0.2, 0) is 6.54 Å². The van der Waals surface area contributed by atoms with E-state index in [0.29, 0.717) is 16.5 Å². The molecular weight excluding hydrogens is 278 g/mol. The molecule has 1 aromatic carbocycles. The molecule has 0 saturated carbocycles. The van der Waals surface area contributed by atoms with E-state index in [0.717, 1.165) is 38.3 Å². The molecule has 20 heavy (non-hydrogen) atoms. The lowest BCUT2D eigenvalue weighted by atomic mass is 10.2. The fourth-order valence-corrected chi connectivity index (χ4v) is 2.55. The molecule has 0 atom stereocenters. The molecule has 0 radical (unpaired) electrons. The average molecular weight is 300 g/mol. The van der Waals surface area contributed by atoms with Gasteiger partial charge in [0.1, 0.15) is 0 Å². The predicted octanol–water partition coefficient (Wildman–Crippen LogP) is 1.61. The first-order valence-corrected chi connectivity index (χ1v) is 7.09. The third kappa shape index (κ3) is 3.76. The highest BCUT2D eigenvalue weighted by atomic mass is 35.5. The summed E-state index contributed by atoms with van der Waals surface area (Å²) < 4.78 is 10.5. The van der Waals surface area contributed by atoms with Gasteiger partial charge in [0.15, 0.2) is 11.5 Å². The van der Waals surface area contributed by atoms with Crippen LogP contribution in [0, 0.1) is 0 Å². The van der Waals surface area contributed by atoms with Gasteiger partial charge in [-0.3, -0.25) is 5.43 Å². The third-order valence-electron chi connectivity index (χ3n) is 3.50. The summed E-state index contributed by atoms with van der Waals surface area (Å²) in [5.74, 6) is 1.24. The fourth-order valence-electron chi connectivity index (χ4n) is 2.24. The van der Waals surface area contributed by atoms with E-state index in [1.807, 2.05) is 12.1 Å². The molecule has 2 rings (SSSR count). The number of rotatable bonds is 5. The van der Waals surface area contributed by atoms with E-state index < -0.39 is 0 Å². The number of nitrogens with zero attached hydrogens (tertiary/aromatic N) is 2. The van der Waals surface area contributed by atoms with E-state index in [1.165, 1.54) is 0 Å². The molecule has 5 nitrogen and oxygen atoms in total. The second-order valence-electron chi connectivity index (χ2n) is 4.94. The number of hydrazine groups is 1. The molecule has 0 bridgehead atoms. The Morgan fingerprint density at radius 3 is 2.45 bits per heavy atom. The van der Waals surface area contributed by atoms with Crippen molar-refractivity contribution >= 4 is 11.6 Å². The maximum absolute atomic E-state index is 6.20. The summed E-state index contributed by atoms with van der Waals surface area (Å²) >= 11 is 6.20. The van der Waals surface area contributed by atoms with Crippen molar-refractivity contribution in [2.24, 2.45) is 0 Å². The number of benzene rings is 1. The normalized spacial score (nSPS) is 17.2. The number of hydrogen-bond acceptors (Lipinski definition) is 5. The van der Waals surface area contributed by atoms with Crippen molar-refractivity contribution in [1.29, 1.82) is 0 Å². The first-order valence-electron chi connectivity index (χ1n) is 6.71. The Bertz CT molecular complexity index is 448. The van der Waals surface area contributed by atoms with Gasteiger partial charge < -0.3 is 14.4 Å². The Kier molecular flexibility index (Phi) is 5.48. The topological polar surface area (TPSA) is 37.0 Å². The van der Waals surface area contributed by atoms with Crippen molar-refractivity contribution in [2.45, 2.75) is 6.54 Å². The second kappa shape index (κ2) is 7.13. The molecule has 1 N–H and O–H groups in total. The quantitative estimate of drug-likeness (QED) is 0.894. The molecule has 112 valence electrons. The van der Waals surface area contributed by atoms with Gasteiger partial charge in [0.05, 0.1) is 19.2 Å². The molecule has 0 aromatic heterocycles. The van der Waals surface area contributed by atoms with Gasteiger partial charge in [-0.05, 0) is 24.7 Å². The zero-order chi connectivity index (χ0) is 14.5. The van der Waals surface area contributed by atoms with Gasteiger partial charge in [0.25, 0.3) is 0 Å². The Labute approximate surface area is 125 Å². The minimum atomic E-state index is 0.571. The summed E-state index contributed by atoms with van der Waals surface area (Å²) in [5.41, 5.74) is 4.50. The van der Waals surface area contributed by atoms with Gasteiger partial charge in [0.2, 0.25) is 0 Å². The largest absolute Gasteiger partial charge is 0.493 e. The average Bonchev–Trinajstić information content (AvgIpc) is 2.46. The van der Waals surface area contributed by atoms with Crippen molar-refractivity contribution in [3.05, 3.63) is 22.7 Å². The Morgan fingerprint density at radius 2 is 1.85 bits per heavy atom. The minimum Gasteiger partial charge on any atom is -0.493 e. The van der Waals surface area contributed by atoms with E-state index >= 15 is 0 Å². The summed E-state index contributed by atoms with van der Waals surface area (Å²) in [5, 5.41) is 2.81. The first kappa shape index (κ1) is 15.4. The second-order valence-corrected chi connectivity index (χ2v) is 5.35. The monoisotopic (exact) mass is 299 g/mol. The molecule has 1 aromatic rings. The Balaban J connectivity index is 1.97. The molecule has 6 heteroatoms. The highest BCUT2D eigenvalue weighted by Gasteiger charge is 2.14. The Hall–Kier alpha value is -1.01. The Morgan fingerprint density at radius 1 is 1.15 bits per heavy atom. The minimum absolute atomic E-state index is 0.571. The highest BCUT2D eigenvalue weighted by Crippen LogP contribution is 2.35. The van der Waals surface area contributed by atoms with Crippen LogP contribution in [0.3, 0.4) is 0 Å². The van der Waals surface area contributed by atoms with E-state index in [1.54, 1.807) is 14.2 Å². The van der Waals surface area contributed by atoms with E-state index in [4.69, 9.17) is 21.1 Å². The van der Waals surface area contributed by atoms with Crippen LogP contribution in [0.25, 0.3) is 0 Å². The zero-order valence-electron chi connectivity index (χ0n) is 12.3. The molecule has 1 aliphatic rings. The van der Waals surface area contributed by atoms with Gasteiger partial charge in [-0.15, -0.1) is 0 Å². The molecule has 0 spiro atoms. The van der Waals surface area contributed by atoms with Crippen LogP contribution in [-0.4, -0.2) is 57.4 Å². The molecule has 0 unspecified atom stereocenters. The highest BCUT2D eigenvalue weighted by molar-refractivity contribution is 6.32. The number of ether oxygens (including phenoxy) is 2. The van der Waals surface area contributed by atoms with Gasteiger partial charge in [-0.25, -0.2) is 5.01 Å². The van der Waals surface area contributed by atoms with Crippen LogP contribution in [0.15, 0.2) is 12.1 Å². The van der Waals surface area contributed by atoms with Crippen LogP contribution >= 0.6 is 11.6 Å². The van der Waals surface area contributed by atoms with Crippen LogP contribution in [0.2, 0.25) is 5.02 Å². The summed E-state index contributed by atoms with van der Waals surface area (Å²) in [6.07, 6.45) is 0. The standard InChI is InChI=1S/C14H22ClN3O2/c1-17-4-6-18(7-5-17)16-10-11-8-12(15)14(20-3)13(9-11)19-2/h8-9,16H,4-7,10H2,1-3H3. The SMILES string of the molecule is COc1cc(CNN2CCN(C)CC2)cc(Cl)c1OC. The van der Waals surface area contributed by atoms with Gasteiger partial charge in [-0.2, -0.15) is 0 Å². The lowest BCUT2D eigenvalue weighted by Gasteiger charge is -2.32. The molecule has 1 heterocycles. The van der Waals surface area contributed by atoms with E-state index in [9.17, 15) is 0 Å². The van der Waals surface area contributed by atoms with Crippen molar-refractivity contribution in [3.8, 4) is 11.5 Å². The number of halogens is 1. The van der Waals surface area contributed by atoms with Crippen LogP contribution in [0.5, 0.6) is 11.5 Å². The number of hydrogen-bond donors (Lipinski definition) is 1. The first-order chi connectivity index (χ1) is 9.63. The van der Waals surface area contributed by atoms with Crippen LogP contribution in [0.1, 0.15) is 5.56 Å². The summed E-state index contributed by atoms with van der Waals surface area (Å²) in [4.78, 5) is 2.32. The van der Waals surface area contributed by atoms with Crippen molar-refractivity contribution in [2.75, 3.05) is 47.4 Å². The van der Waals surface area contributed by atoms with Gasteiger partial charge >= 0.3 is 0 Å². The number of piperazine rings is 1. The zero-order valence-corrected chi connectivity index (χ0v) is 13.0. The molecular formula is C14H22ClN3O2. The number of methoxy groups -OCH3 is 2. The molecule has 1 fully saturated rings. The van der Waals surface area contributed by atoms with Crippen molar-refractivity contribution < 1.29 is 9.47 Å². The predicted molar refractivity (Wildman–Crippen MR) is 80.5 cm³/mol. The van der Waals surface area contributed by atoms with E-state index in [-0.39, 0.29) is 0 Å². The van der Waals surface area contributed by atoms with Gasteiger partial charge in [-0.1, -0.05) is 11.6 Å². The molecule has 1 aliphatic heterocycles. The van der Waals surface area contributed by atoms with Gasteiger partial charge in [0, 0.05) is 32.7 Å². The summed E-state index contributed by atoms with van der Waals surface area (Å²) in [7, 11) is 5.35. The lowest BCUT2D eigenvalue weighted by Crippen LogP contribution is -2.50. The summed E-state index contributed by atoms with van der Waals surface area (Å²) in [6, 6.07) is 3.86. The van der Waals surface area contributed by atoms with Crippen LogP contribution < -0.4 is 14.9 Å². The lowest BCUT2D eigenvalue weighted by molar-refractivity contribution is 0.102. The smallest absolute Gasteiger partial charge is 0.179 e. The fraction of sp³-hybridized carbons (Fsp3) is 0.571. The maximum atomic E-state index is 6.20. The summed E-state index contributed by atoms with van der Waals surface area (Å²) in [6.45, 7) is 4.94. The maximum Gasteiger partial charge on any atom is 0.179 e. The van der Waals surface area contributed by atoms with Crippen molar-refractivity contribution in [1.82, 2.24) is 15.3 Å². The van der Waals surface area contributed by atoms with Crippen LogP contribution in [0.4, 0.5) is 0 Å². The molecule has 0 amide bonds. The molecule has 0 aliphatic carbocycles. The molecule has 1 saturated heterocycles. The van der Waals surface area contributed by atoms with E-state index in [2.05, 4.69) is 22.4 Å². The number of nitrogens with one attached hydrogen (secondary N) is 1. The van der Waals surface area contributed by atoms with Crippen molar-refractivity contribution in [3.63, 3.8) is 0 Å². The third-order valence-corrected chi connectivity index (χ3v) is 3.78. The number of likely N-dealkylation sites (N-methyl/N-ethyl adjacent to an activating group) is 1.